The second kappa shape index (κ2) is 9.47. The van der Waals surface area contributed by atoms with Gasteiger partial charge in [-0.2, -0.15) is 5.10 Å². The van der Waals surface area contributed by atoms with Crippen LogP contribution >= 0.6 is 24.8 Å². The van der Waals surface area contributed by atoms with Gasteiger partial charge in [0.05, 0.1) is 12.8 Å². The summed E-state index contributed by atoms with van der Waals surface area (Å²) in [6.45, 7) is 6.73. The minimum Gasteiger partial charge on any atom is -0.493 e. The molecular weight excluding hydrogens is 433 g/mol. The van der Waals surface area contributed by atoms with Gasteiger partial charge in [0, 0.05) is 22.7 Å². The number of halogens is 2. The summed E-state index contributed by atoms with van der Waals surface area (Å²) in [5, 5.41) is 9.11. The second-order valence-electron chi connectivity index (χ2n) is 8.22. The monoisotopic (exact) mass is 461 g/mol. The molecule has 1 aromatic carbocycles. The molecule has 0 amide bonds. The van der Waals surface area contributed by atoms with Crippen molar-refractivity contribution in [2.24, 2.45) is 0 Å². The highest BCUT2D eigenvalue weighted by atomic mass is 35.5. The van der Waals surface area contributed by atoms with Crippen molar-refractivity contribution in [2.75, 3.05) is 20.2 Å². The van der Waals surface area contributed by atoms with Crippen LogP contribution in [0.3, 0.4) is 0 Å². The highest BCUT2D eigenvalue weighted by molar-refractivity contribution is 5.92. The summed E-state index contributed by atoms with van der Waals surface area (Å²) in [7, 11) is 1.67. The van der Waals surface area contributed by atoms with Gasteiger partial charge in [-0.3, -0.25) is 0 Å². The molecule has 0 saturated carbocycles. The van der Waals surface area contributed by atoms with E-state index in [1.807, 2.05) is 12.3 Å². The van der Waals surface area contributed by atoms with Crippen molar-refractivity contribution in [3.05, 3.63) is 47.9 Å². The first-order valence-electron chi connectivity index (χ1n) is 10.4. The molecule has 1 aliphatic rings. The summed E-state index contributed by atoms with van der Waals surface area (Å²) in [5.74, 6) is 1.76. The Morgan fingerprint density at radius 3 is 2.61 bits per heavy atom. The number of benzene rings is 1. The standard InChI is InChI=1S/C23H27N5O.2ClH/c1-14(2)21-18-10-16(15-6-8-24-9-7-15)4-5-19(18)27-22(21)17-11-20(29-3)23-25-13-26-28(23)12-17;;/h4-5,10-15,24,27H,6-9H2,1-3H3;2*1H. The lowest BCUT2D eigenvalue weighted by atomic mass is 9.88. The van der Waals surface area contributed by atoms with Crippen molar-refractivity contribution in [1.82, 2.24) is 24.9 Å². The SMILES string of the molecule is COc1cc(-c2[nH]c3ccc(C4CCNCC4)cc3c2C(C)C)cn2ncnc12.Cl.Cl. The molecule has 1 aliphatic heterocycles. The zero-order valence-electron chi connectivity index (χ0n) is 18.0. The van der Waals surface area contributed by atoms with Gasteiger partial charge in [-0.05, 0) is 67.1 Å². The Morgan fingerprint density at radius 1 is 1.13 bits per heavy atom. The molecule has 1 fully saturated rings. The van der Waals surface area contributed by atoms with Gasteiger partial charge in [-0.1, -0.05) is 19.9 Å². The zero-order chi connectivity index (χ0) is 20.0. The summed E-state index contributed by atoms with van der Waals surface area (Å²) in [6.07, 6.45) is 6.00. The van der Waals surface area contributed by atoms with Crippen molar-refractivity contribution in [3.63, 3.8) is 0 Å². The van der Waals surface area contributed by atoms with E-state index in [2.05, 4.69) is 52.4 Å². The van der Waals surface area contributed by atoms with Crippen LogP contribution in [-0.4, -0.2) is 39.8 Å². The number of pyridine rings is 1. The molecule has 1 saturated heterocycles. The Balaban J connectivity index is 0.00000136. The van der Waals surface area contributed by atoms with E-state index in [0.29, 0.717) is 11.8 Å². The maximum Gasteiger partial charge on any atom is 0.197 e. The fourth-order valence-electron chi connectivity index (χ4n) is 4.65. The number of nitrogens with one attached hydrogen (secondary N) is 2. The third kappa shape index (κ3) is 4.12. The molecule has 6 nitrogen and oxygen atoms in total. The second-order valence-corrected chi connectivity index (χ2v) is 8.22. The van der Waals surface area contributed by atoms with E-state index in [1.54, 1.807) is 18.0 Å². The van der Waals surface area contributed by atoms with Crippen molar-refractivity contribution >= 4 is 41.4 Å². The van der Waals surface area contributed by atoms with Crippen LogP contribution in [0.15, 0.2) is 36.8 Å². The average Bonchev–Trinajstić information content (AvgIpc) is 3.37. The minimum atomic E-state index is 0. The molecule has 3 aromatic heterocycles. The quantitative estimate of drug-likeness (QED) is 0.431. The average molecular weight is 462 g/mol. The van der Waals surface area contributed by atoms with E-state index in [-0.39, 0.29) is 24.8 Å². The maximum absolute atomic E-state index is 5.58. The number of hydrogen-bond acceptors (Lipinski definition) is 4. The highest BCUT2D eigenvalue weighted by Gasteiger charge is 2.21. The lowest BCUT2D eigenvalue weighted by Crippen LogP contribution is -2.26. The summed E-state index contributed by atoms with van der Waals surface area (Å²) < 4.78 is 7.36. The molecule has 4 aromatic rings. The van der Waals surface area contributed by atoms with Gasteiger partial charge >= 0.3 is 0 Å². The van der Waals surface area contributed by atoms with E-state index in [9.17, 15) is 0 Å². The highest BCUT2D eigenvalue weighted by Crippen LogP contribution is 2.39. The van der Waals surface area contributed by atoms with E-state index in [1.165, 1.54) is 34.9 Å². The smallest absolute Gasteiger partial charge is 0.197 e. The molecule has 4 heterocycles. The molecule has 8 heteroatoms. The van der Waals surface area contributed by atoms with Crippen LogP contribution in [0, 0.1) is 0 Å². The number of hydrogen-bond donors (Lipinski definition) is 2. The van der Waals surface area contributed by atoms with Crippen molar-refractivity contribution < 1.29 is 4.74 Å². The van der Waals surface area contributed by atoms with Gasteiger partial charge in [0.2, 0.25) is 0 Å². The van der Waals surface area contributed by atoms with Crippen molar-refractivity contribution in [3.8, 4) is 17.0 Å². The largest absolute Gasteiger partial charge is 0.493 e. The van der Waals surface area contributed by atoms with Gasteiger partial charge in [0.25, 0.3) is 0 Å². The lowest BCUT2D eigenvalue weighted by Gasteiger charge is -2.23. The van der Waals surface area contributed by atoms with Gasteiger partial charge in [0.1, 0.15) is 6.33 Å². The molecule has 0 aliphatic carbocycles. The maximum atomic E-state index is 5.58. The van der Waals surface area contributed by atoms with Gasteiger partial charge in [-0.15, -0.1) is 24.8 Å². The normalized spacial score (nSPS) is 14.6. The van der Waals surface area contributed by atoms with Crippen LogP contribution in [0.25, 0.3) is 27.8 Å². The van der Waals surface area contributed by atoms with Crippen LogP contribution in [0.4, 0.5) is 0 Å². The number of aromatic nitrogens is 4. The van der Waals surface area contributed by atoms with Crippen LogP contribution in [-0.2, 0) is 0 Å². The first-order valence-corrected chi connectivity index (χ1v) is 10.4. The van der Waals surface area contributed by atoms with E-state index < -0.39 is 0 Å². The molecule has 0 radical (unpaired) electrons. The number of H-pyrrole nitrogens is 1. The Hall–Kier alpha value is -2.28. The Kier molecular flexibility index (Phi) is 7.14. The molecule has 2 N–H and O–H groups in total. The van der Waals surface area contributed by atoms with Crippen molar-refractivity contribution in [2.45, 2.75) is 38.5 Å². The molecule has 5 rings (SSSR count). The van der Waals surface area contributed by atoms with Gasteiger partial charge < -0.3 is 15.0 Å². The van der Waals surface area contributed by atoms with Crippen LogP contribution in [0.2, 0.25) is 0 Å². The minimum absolute atomic E-state index is 0. The predicted octanol–water partition coefficient (Wildman–Crippen LogP) is 5.32. The van der Waals surface area contributed by atoms with Gasteiger partial charge in [-0.25, -0.2) is 9.50 Å². The number of methoxy groups -OCH3 is 1. The third-order valence-electron chi connectivity index (χ3n) is 6.10. The van der Waals surface area contributed by atoms with E-state index in [4.69, 9.17) is 4.74 Å². The molecule has 0 spiro atoms. The summed E-state index contributed by atoms with van der Waals surface area (Å²) in [4.78, 5) is 7.97. The van der Waals surface area contributed by atoms with Crippen molar-refractivity contribution in [1.29, 1.82) is 0 Å². The third-order valence-corrected chi connectivity index (χ3v) is 6.10. The first kappa shape index (κ1) is 23.4. The zero-order valence-corrected chi connectivity index (χ0v) is 19.6. The summed E-state index contributed by atoms with van der Waals surface area (Å²) in [5.41, 5.74) is 6.90. The number of fused-ring (bicyclic) bond motifs is 2. The van der Waals surface area contributed by atoms with E-state index in [0.717, 1.165) is 35.7 Å². The number of rotatable bonds is 4. The van der Waals surface area contributed by atoms with Crippen LogP contribution < -0.4 is 10.1 Å². The molecular formula is C23H29Cl2N5O. The van der Waals surface area contributed by atoms with Crippen LogP contribution in [0.5, 0.6) is 5.75 Å². The fourth-order valence-corrected chi connectivity index (χ4v) is 4.65. The molecule has 0 bridgehead atoms. The predicted molar refractivity (Wildman–Crippen MR) is 130 cm³/mol. The topological polar surface area (TPSA) is 67.2 Å². The van der Waals surface area contributed by atoms with Crippen LogP contribution in [0.1, 0.15) is 49.7 Å². The first-order chi connectivity index (χ1) is 14.2. The molecule has 0 atom stereocenters. The summed E-state index contributed by atoms with van der Waals surface area (Å²) >= 11 is 0. The number of aromatic amines is 1. The lowest BCUT2D eigenvalue weighted by molar-refractivity contribution is 0.416. The molecule has 166 valence electrons. The summed E-state index contributed by atoms with van der Waals surface area (Å²) in [6, 6.07) is 9.00. The van der Waals surface area contributed by atoms with Gasteiger partial charge in [0.15, 0.2) is 11.4 Å². The molecule has 0 unspecified atom stereocenters. The van der Waals surface area contributed by atoms with E-state index >= 15 is 0 Å². The number of ether oxygens (including phenoxy) is 1. The number of nitrogens with zero attached hydrogens (tertiary/aromatic N) is 3. The Bertz CT molecular complexity index is 1180. The number of piperidine rings is 1. The Morgan fingerprint density at radius 2 is 1.90 bits per heavy atom. The Labute approximate surface area is 194 Å². The fraction of sp³-hybridized carbons (Fsp3) is 0.391. The molecule has 31 heavy (non-hydrogen) atoms.